The summed E-state index contributed by atoms with van der Waals surface area (Å²) >= 11 is 0. The SMILES string of the molecule is O=C(CC1NC(=O)N(Cc2ccc3c(c2)OCO3)C1=O)NC1CCCCCC1. The molecule has 4 rings (SSSR count). The molecule has 0 bridgehead atoms. The Balaban J connectivity index is 1.33. The third-order valence-electron chi connectivity index (χ3n) is 5.49. The number of carbonyl (C=O) groups is 3. The maximum atomic E-state index is 12.6. The fourth-order valence-corrected chi connectivity index (χ4v) is 3.98. The Hall–Kier alpha value is -2.77. The van der Waals surface area contributed by atoms with Gasteiger partial charge < -0.3 is 20.1 Å². The third-order valence-corrected chi connectivity index (χ3v) is 5.49. The maximum Gasteiger partial charge on any atom is 0.325 e. The van der Waals surface area contributed by atoms with Gasteiger partial charge in [-0.05, 0) is 30.5 Å². The first-order chi connectivity index (χ1) is 13.6. The lowest BCUT2D eigenvalue weighted by molar-refractivity contribution is -0.131. The number of hydrogen-bond acceptors (Lipinski definition) is 5. The molecule has 8 nitrogen and oxygen atoms in total. The molecule has 28 heavy (non-hydrogen) atoms. The summed E-state index contributed by atoms with van der Waals surface area (Å²) in [5.74, 6) is 0.687. The fraction of sp³-hybridized carbons (Fsp3) is 0.550. The van der Waals surface area contributed by atoms with Crippen LogP contribution in [0.2, 0.25) is 0 Å². The fourth-order valence-electron chi connectivity index (χ4n) is 3.98. The van der Waals surface area contributed by atoms with Crippen molar-refractivity contribution in [1.82, 2.24) is 15.5 Å². The van der Waals surface area contributed by atoms with Gasteiger partial charge >= 0.3 is 6.03 Å². The Morgan fingerprint density at radius 2 is 1.86 bits per heavy atom. The van der Waals surface area contributed by atoms with Gasteiger partial charge in [0.05, 0.1) is 13.0 Å². The van der Waals surface area contributed by atoms with Crippen LogP contribution in [0.3, 0.4) is 0 Å². The van der Waals surface area contributed by atoms with E-state index in [1.807, 2.05) is 0 Å². The highest BCUT2D eigenvalue weighted by Crippen LogP contribution is 2.33. The topological polar surface area (TPSA) is 97.0 Å². The van der Waals surface area contributed by atoms with E-state index in [4.69, 9.17) is 9.47 Å². The zero-order valence-electron chi connectivity index (χ0n) is 15.7. The summed E-state index contributed by atoms with van der Waals surface area (Å²) in [6.07, 6.45) is 6.58. The van der Waals surface area contributed by atoms with Crippen LogP contribution in [0.15, 0.2) is 18.2 Å². The molecule has 2 heterocycles. The highest BCUT2D eigenvalue weighted by Gasteiger charge is 2.39. The number of rotatable bonds is 5. The summed E-state index contributed by atoms with van der Waals surface area (Å²) < 4.78 is 10.6. The van der Waals surface area contributed by atoms with Crippen LogP contribution in [0.5, 0.6) is 11.5 Å². The van der Waals surface area contributed by atoms with E-state index < -0.39 is 12.1 Å². The quantitative estimate of drug-likeness (QED) is 0.595. The first-order valence-electron chi connectivity index (χ1n) is 9.90. The maximum absolute atomic E-state index is 12.6. The molecule has 1 aromatic carbocycles. The normalized spacial score (nSPS) is 22.1. The smallest absolute Gasteiger partial charge is 0.325 e. The number of carbonyl (C=O) groups excluding carboxylic acids is 3. The standard InChI is InChI=1S/C20H25N3O5/c24-18(21-14-5-3-1-2-4-6-14)10-15-19(25)23(20(26)22-15)11-13-7-8-16-17(9-13)28-12-27-16/h7-9,14-15H,1-6,10-12H2,(H,21,24)(H,22,26). The Bertz CT molecular complexity index is 773. The summed E-state index contributed by atoms with van der Waals surface area (Å²) in [4.78, 5) is 38.4. The molecule has 2 fully saturated rings. The van der Waals surface area contributed by atoms with E-state index in [0.29, 0.717) is 11.5 Å². The highest BCUT2D eigenvalue weighted by molar-refractivity contribution is 6.05. The second kappa shape index (κ2) is 8.08. The van der Waals surface area contributed by atoms with Gasteiger partial charge in [0.15, 0.2) is 11.5 Å². The first-order valence-corrected chi connectivity index (χ1v) is 9.90. The summed E-state index contributed by atoms with van der Waals surface area (Å²) in [6, 6.07) is 4.19. The Morgan fingerprint density at radius 3 is 2.64 bits per heavy atom. The lowest BCUT2D eigenvalue weighted by Crippen LogP contribution is -2.40. The number of amides is 4. The van der Waals surface area contributed by atoms with Gasteiger partial charge in [-0.2, -0.15) is 0 Å². The van der Waals surface area contributed by atoms with Crippen LogP contribution < -0.4 is 20.1 Å². The van der Waals surface area contributed by atoms with Gasteiger partial charge in [0.2, 0.25) is 12.7 Å². The van der Waals surface area contributed by atoms with Crippen LogP contribution >= 0.6 is 0 Å². The van der Waals surface area contributed by atoms with Crippen molar-refractivity contribution in [3.05, 3.63) is 23.8 Å². The first kappa shape index (κ1) is 18.6. The molecule has 1 saturated carbocycles. The van der Waals surface area contributed by atoms with Crippen molar-refractivity contribution in [1.29, 1.82) is 0 Å². The van der Waals surface area contributed by atoms with Crippen LogP contribution in [-0.4, -0.2) is 41.6 Å². The molecule has 2 N–H and O–H groups in total. The van der Waals surface area contributed by atoms with Crippen molar-refractivity contribution in [3.63, 3.8) is 0 Å². The molecule has 0 spiro atoms. The molecular weight excluding hydrogens is 362 g/mol. The van der Waals surface area contributed by atoms with Gasteiger partial charge in [-0.25, -0.2) is 4.79 Å². The second-order valence-corrected chi connectivity index (χ2v) is 7.57. The predicted molar refractivity (Wildman–Crippen MR) is 99.7 cm³/mol. The number of ether oxygens (including phenoxy) is 2. The lowest BCUT2D eigenvalue weighted by atomic mass is 10.1. The van der Waals surface area contributed by atoms with Crippen LogP contribution in [0.4, 0.5) is 4.79 Å². The summed E-state index contributed by atoms with van der Waals surface area (Å²) in [7, 11) is 0. The van der Waals surface area contributed by atoms with Gasteiger partial charge in [-0.1, -0.05) is 31.7 Å². The van der Waals surface area contributed by atoms with Crippen molar-refractivity contribution in [2.45, 2.75) is 63.6 Å². The number of imide groups is 1. The molecule has 1 aromatic rings. The van der Waals surface area contributed by atoms with E-state index in [1.54, 1.807) is 18.2 Å². The Kier molecular flexibility index (Phi) is 5.36. The Labute approximate surface area is 163 Å². The van der Waals surface area contributed by atoms with Crippen molar-refractivity contribution in [3.8, 4) is 11.5 Å². The minimum Gasteiger partial charge on any atom is -0.454 e. The van der Waals surface area contributed by atoms with Gasteiger partial charge in [0.25, 0.3) is 5.91 Å². The average Bonchev–Trinajstić information content (AvgIpc) is 3.12. The van der Waals surface area contributed by atoms with Crippen LogP contribution in [0.1, 0.15) is 50.5 Å². The second-order valence-electron chi connectivity index (χ2n) is 7.57. The average molecular weight is 387 g/mol. The number of urea groups is 1. The van der Waals surface area contributed by atoms with E-state index in [0.717, 1.165) is 36.1 Å². The van der Waals surface area contributed by atoms with E-state index in [1.165, 1.54) is 12.8 Å². The molecular formula is C20H25N3O5. The monoisotopic (exact) mass is 387 g/mol. The molecule has 1 saturated heterocycles. The summed E-state index contributed by atoms with van der Waals surface area (Å²) in [6.45, 7) is 0.294. The minimum absolute atomic E-state index is 0.0291. The van der Waals surface area contributed by atoms with Gasteiger partial charge in [0, 0.05) is 6.04 Å². The number of fused-ring (bicyclic) bond motifs is 1. The molecule has 150 valence electrons. The summed E-state index contributed by atoms with van der Waals surface area (Å²) in [5.41, 5.74) is 0.760. The largest absolute Gasteiger partial charge is 0.454 e. The molecule has 4 amide bonds. The van der Waals surface area contributed by atoms with Crippen LogP contribution in [0.25, 0.3) is 0 Å². The third kappa shape index (κ3) is 4.05. The molecule has 0 radical (unpaired) electrons. The van der Waals surface area contributed by atoms with E-state index in [-0.39, 0.29) is 37.6 Å². The van der Waals surface area contributed by atoms with E-state index in [2.05, 4.69) is 10.6 Å². The minimum atomic E-state index is -0.813. The van der Waals surface area contributed by atoms with Crippen molar-refractivity contribution >= 4 is 17.8 Å². The lowest BCUT2D eigenvalue weighted by Gasteiger charge is -2.17. The van der Waals surface area contributed by atoms with Gasteiger partial charge in [-0.15, -0.1) is 0 Å². The Morgan fingerprint density at radius 1 is 1.11 bits per heavy atom. The highest BCUT2D eigenvalue weighted by atomic mass is 16.7. The van der Waals surface area contributed by atoms with Crippen LogP contribution in [0, 0.1) is 0 Å². The van der Waals surface area contributed by atoms with Gasteiger partial charge in [0.1, 0.15) is 6.04 Å². The van der Waals surface area contributed by atoms with Gasteiger partial charge in [-0.3, -0.25) is 14.5 Å². The number of benzene rings is 1. The predicted octanol–water partition coefficient (Wildman–Crippen LogP) is 2.06. The zero-order valence-corrected chi connectivity index (χ0v) is 15.7. The van der Waals surface area contributed by atoms with Crippen molar-refractivity contribution in [2.24, 2.45) is 0 Å². The molecule has 1 atom stereocenters. The van der Waals surface area contributed by atoms with E-state index in [9.17, 15) is 14.4 Å². The van der Waals surface area contributed by atoms with E-state index >= 15 is 0 Å². The van der Waals surface area contributed by atoms with Crippen LogP contribution in [-0.2, 0) is 16.1 Å². The van der Waals surface area contributed by atoms with Crippen molar-refractivity contribution < 1.29 is 23.9 Å². The number of hydrogen-bond donors (Lipinski definition) is 2. The molecule has 0 aromatic heterocycles. The summed E-state index contributed by atoms with van der Waals surface area (Å²) in [5, 5.41) is 5.65. The zero-order chi connectivity index (χ0) is 19.5. The number of nitrogens with zero attached hydrogens (tertiary/aromatic N) is 1. The van der Waals surface area contributed by atoms with Crippen molar-refractivity contribution in [2.75, 3.05) is 6.79 Å². The molecule has 2 aliphatic heterocycles. The molecule has 3 aliphatic rings. The number of nitrogens with one attached hydrogen (secondary N) is 2. The molecule has 1 aliphatic carbocycles. The molecule has 1 unspecified atom stereocenters. The molecule has 8 heteroatoms.